The number of hydrazine groups is 1. The summed E-state index contributed by atoms with van der Waals surface area (Å²) in [5, 5.41) is 3.93. The van der Waals surface area contributed by atoms with Gasteiger partial charge in [-0.25, -0.2) is 15.8 Å². The molecule has 5 nitrogen and oxygen atoms in total. The number of aromatic nitrogens is 2. The van der Waals surface area contributed by atoms with E-state index in [-0.39, 0.29) is 0 Å². The number of rotatable bonds is 3. The SMILES string of the molecule is Cc1c(NN)ncnc1Nc1ccc(Cl)cc1I. The first kappa shape index (κ1) is 13.3. The van der Waals surface area contributed by atoms with Crippen LogP contribution in [-0.2, 0) is 0 Å². The van der Waals surface area contributed by atoms with Gasteiger partial charge in [-0.2, -0.15) is 0 Å². The molecule has 0 aliphatic carbocycles. The van der Waals surface area contributed by atoms with Crippen molar-refractivity contribution in [2.45, 2.75) is 6.92 Å². The minimum atomic E-state index is 0.594. The number of anilines is 3. The molecule has 0 radical (unpaired) electrons. The molecule has 0 amide bonds. The number of nitrogens with zero attached hydrogens (tertiary/aromatic N) is 2. The molecule has 4 N–H and O–H groups in total. The number of benzene rings is 1. The van der Waals surface area contributed by atoms with E-state index in [4.69, 9.17) is 17.4 Å². The molecule has 1 aromatic heterocycles. The number of halogens is 2. The molecule has 1 aromatic carbocycles. The summed E-state index contributed by atoms with van der Waals surface area (Å²) in [7, 11) is 0. The van der Waals surface area contributed by atoms with Crippen molar-refractivity contribution in [1.82, 2.24) is 9.97 Å². The lowest BCUT2D eigenvalue weighted by molar-refractivity contribution is 1.10. The van der Waals surface area contributed by atoms with Gasteiger partial charge in [0.15, 0.2) is 0 Å². The fraction of sp³-hybridized carbons (Fsp3) is 0.0909. The Bertz CT molecular complexity index is 575. The Balaban J connectivity index is 2.34. The lowest BCUT2D eigenvalue weighted by atomic mass is 10.3. The second-order valence-corrected chi connectivity index (χ2v) is 5.19. The average Bonchev–Trinajstić information content (AvgIpc) is 2.35. The van der Waals surface area contributed by atoms with Gasteiger partial charge < -0.3 is 10.7 Å². The topological polar surface area (TPSA) is 75.9 Å². The van der Waals surface area contributed by atoms with E-state index in [1.54, 1.807) is 0 Å². The van der Waals surface area contributed by atoms with Crippen molar-refractivity contribution in [3.8, 4) is 0 Å². The Kier molecular flexibility index (Phi) is 4.20. The largest absolute Gasteiger partial charge is 0.339 e. The highest BCUT2D eigenvalue weighted by Crippen LogP contribution is 2.27. The van der Waals surface area contributed by atoms with Gasteiger partial charge in [-0.05, 0) is 47.7 Å². The van der Waals surface area contributed by atoms with Crippen molar-refractivity contribution in [1.29, 1.82) is 0 Å². The van der Waals surface area contributed by atoms with Crippen molar-refractivity contribution in [3.05, 3.63) is 38.7 Å². The first-order chi connectivity index (χ1) is 8.61. The molecule has 0 aliphatic rings. The molecule has 0 spiro atoms. The van der Waals surface area contributed by atoms with Crippen molar-refractivity contribution in [3.63, 3.8) is 0 Å². The maximum Gasteiger partial charge on any atom is 0.148 e. The summed E-state index contributed by atoms with van der Waals surface area (Å²) in [6, 6.07) is 5.61. The van der Waals surface area contributed by atoms with E-state index in [0.29, 0.717) is 16.7 Å². The molecule has 0 saturated heterocycles. The monoisotopic (exact) mass is 375 g/mol. The second-order valence-electron chi connectivity index (χ2n) is 3.59. The lowest BCUT2D eigenvalue weighted by Crippen LogP contribution is -2.11. The van der Waals surface area contributed by atoms with E-state index in [0.717, 1.165) is 14.8 Å². The molecule has 2 aromatic rings. The van der Waals surface area contributed by atoms with Crippen molar-refractivity contribution >= 4 is 51.5 Å². The van der Waals surface area contributed by atoms with Crippen molar-refractivity contribution in [2.75, 3.05) is 10.7 Å². The van der Waals surface area contributed by atoms with Crippen LogP contribution in [0, 0.1) is 10.5 Å². The van der Waals surface area contributed by atoms with Gasteiger partial charge in [0.1, 0.15) is 18.0 Å². The van der Waals surface area contributed by atoms with Crippen LogP contribution in [-0.4, -0.2) is 9.97 Å². The van der Waals surface area contributed by atoms with Gasteiger partial charge in [0, 0.05) is 14.2 Å². The molecule has 0 atom stereocenters. The maximum atomic E-state index is 5.91. The average molecular weight is 376 g/mol. The highest BCUT2D eigenvalue weighted by atomic mass is 127. The predicted octanol–water partition coefficient (Wildman–Crippen LogP) is 3.07. The minimum Gasteiger partial charge on any atom is -0.339 e. The molecule has 0 aliphatic heterocycles. The van der Waals surface area contributed by atoms with Crippen LogP contribution in [0.2, 0.25) is 5.02 Å². The molecule has 7 heteroatoms. The Labute approximate surface area is 123 Å². The zero-order valence-electron chi connectivity index (χ0n) is 9.54. The fourth-order valence-corrected chi connectivity index (χ4v) is 2.45. The zero-order valence-corrected chi connectivity index (χ0v) is 12.5. The summed E-state index contributed by atoms with van der Waals surface area (Å²) in [6.45, 7) is 1.89. The van der Waals surface area contributed by atoms with Crippen LogP contribution in [0.5, 0.6) is 0 Å². The van der Waals surface area contributed by atoms with Gasteiger partial charge in [0.05, 0.1) is 5.69 Å². The first-order valence-corrected chi connectivity index (χ1v) is 6.57. The molecule has 0 fully saturated rings. The maximum absolute atomic E-state index is 5.91. The van der Waals surface area contributed by atoms with Crippen LogP contribution in [0.15, 0.2) is 24.5 Å². The molecule has 0 unspecified atom stereocenters. The third-order valence-corrected chi connectivity index (χ3v) is 3.53. The van der Waals surface area contributed by atoms with Crippen LogP contribution >= 0.6 is 34.2 Å². The summed E-state index contributed by atoms with van der Waals surface area (Å²) < 4.78 is 1.01. The van der Waals surface area contributed by atoms with Crippen LogP contribution in [0.25, 0.3) is 0 Å². The Morgan fingerprint density at radius 2 is 2.00 bits per heavy atom. The smallest absolute Gasteiger partial charge is 0.148 e. The van der Waals surface area contributed by atoms with E-state index in [2.05, 4.69) is 43.3 Å². The van der Waals surface area contributed by atoms with Crippen molar-refractivity contribution in [2.24, 2.45) is 5.84 Å². The first-order valence-electron chi connectivity index (χ1n) is 5.12. The molecule has 2 rings (SSSR count). The lowest BCUT2D eigenvalue weighted by Gasteiger charge is -2.12. The Morgan fingerprint density at radius 1 is 1.28 bits per heavy atom. The Hall–Kier alpha value is -1.12. The fourth-order valence-electron chi connectivity index (χ4n) is 1.44. The predicted molar refractivity (Wildman–Crippen MR) is 82.0 cm³/mol. The van der Waals surface area contributed by atoms with E-state index in [1.807, 2.05) is 25.1 Å². The molecule has 18 heavy (non-hydrogen) atoms. The van der Waals surface area contributed by atoms with Crippen molar-refractivity contribution < 1.29 is 0 Å². The number of nitrogen functional groups attached to an aromatic ring is 1. The van der Waals surface area contributed by atoms with Crippen LogP contribution < -0.4 is 16.6 Å². The normalized spacial score (nSPS) is 10.2. The molecule has 0 bridgehead atoms. The summed E-state index contributed by atoms with van der Waals surface area (Å²) in [5.74, 6) is 6.68. The molecule has 94 valence electrons. The van der Waals surface area contributed by atoms with E-state index >= 15 is 0 Å². The number of nitrogens with two attached hydrogens (primary N) is 1. The van der Waals surface area contributed by atoms with Gasteiger partial charge in [-0.15, -0.1) is 0 Å². The minimum absolute atomic E-state index is 0.594. The molecule has 0 saturated carbocycles. The quantitative estimate of drug-likeness (QED) is 0.437. The Morgan fingerprint density at radius 3 is 2.67 bits per heavy atom. The summed E-state index contributed by atoms with van der Waals surface area (Å²) in [6.07, 6.45) is 1.45. The highest BCUT2D eigenvalue weighted by molar-refractivity contribution is 14.1. The zero-order chi connectivity index (χ0) is 13.1. The number of nitrogens with one attached hydrogen (secondary N) is 2. The van der Waals surface area contributed by atoms with Crippen LogP contribution in [0.1, 0.15) is 5.56 Å². The summed E-state index contributed by atoms with van der Waals surface area (Å²) in [5.41, 5.74) is 4.32. The third kappa shape index (κ3) is 2.82. The number of hydrogen-bond donors (Lipinski definition) is 3. The van der Waals surface area contributed by atoms with Gasteiger partial charge in [-0.3, -0.25) is 0 Å². The van der Waals surface area contributed by atoms with Crippen LogP contribution in [0.3, 0.4) is 0 Å². The molecular weight excluding hydrogens is 365 g/mol. The van der Waals surface area contributed by atoms with Gasteiger partial charge in [0.25, 0.3) is 0 Å². The third-order valence-electron chi connectivity index (χ3n) is 2.41. The molecule has 1 heterocycles. The summed E-state index contributed by atoms with van der Waals surface area (Å²) in [4.78, 5) is 8.22. The second kappa shape index (κ2) is 5.68. The van der Waals surface area contributed by atoms with E-state index in [1.165, 1.54) is 6.33 Å². The van der Waals surface area contributed by atoms with E-state index < -0.39 is 0 Å². The standard InChI is InChI=1S/C11H11ClIN5/c1-6-10(15-5-16-11(6)18-14)17-9-3-2-7(12)4-8(9)13/h2-5H,14H2,1H3,(H2,15,16,17,18). The van der Waals surface area contributed by atoms with E-state index in [9.17, 15) is 0 Å². The van der Waals surface area contributed by atoms with Crippen LogP contribution in [0.4, 0.5) is 17.3 Å². The van der Waals surface area contributed by atoms with Gasteiger partial charge >= 0.3 is 0 Å². The van der Waals surface area contributed by atoms with Gasteiger partial charge in [-0.1, -0.05) is 11.6 Å². The summed E-state index contributed by atoms with van der Waals surface area (Å²) >= 11 is 8.13. The highest BCUT2D eigenvalue weighted by Gasteiger charge is 2.08. The molecular formula is C11H11ClIN5. The van der Waals surface area contributed by atoms with Gasteiger partial charge in [0.2, 0.25) is 0 Å². The number of hydrogen-bond acceptors (Lipinski definition) is 5.